The van der Waals surface area contributed by atoms with Gasteiger partial charge in [0, 0.05) is 6.20 Å². The first-order valence-corrected chi connectivity index (χ1v) is 7.40. The van der Waals surface area contributed by atoms with Crippen molar-refractivity contribution in [2.24, 2.45) is 0 Å². The summed E-state index contributed by atoms with van der Waals surface area (Å²) in [6.07, 6.45) is 2.59. The van der Waals surface area contributed by atoms with Crippen LogP contribution in [-0.2, 0) is 19.7 Å². The minimum atomic E-state index is -0.563. The Morgan fingerprint density at radius 2 is 2.00 bits per heavy atom. The summed E-state index contributed by atoms with van der Waals surface area (Å²) in [4.78, 5) is 27.9. The molecule has 1 aromatic rings. The van der Waals surface area contributed by atoms with Crippen LogP contribution in [0.2, 0.25) is 0 Å². The number of carbonyl (C=O) groups excluding carboxylic acids is 2. The molecule has 0 atom stereocenters. The van der Waals surface area contributed by atoms with E-state index in [1.165, 1.54) is 0 Å². The highest BCUT2D eigenvalue weighted by molar-refractivity contribution is 5.87. The summed E-state index contributed by atoms with van der Waals surface area (Å²) in [5.41, 5.74) is -0.292. The van der Waals surface area contributed by atoms with Crippen LogP contribution in [0.15, 0.2) is 18.3 Å². The largest absolute Gasteiger partial charge is 0.465 e. The second-order valence-corrected chi connectivity index (χ2v) is 6.36. The van der Waals surface area contributed by atoms with Gasteiger partial charge in [-0.1, -0.05) is 6.07 Å². The molecule has 120 valence electrons. The maximum atomic E-state index is 12.0. The topological polar surface area (TPSA) is 77.5 Å². The molecule has 6 heteroatoms. The lowest BCUT2D eigenvalue weighted by Gasteiger charge is -2.19. The molecule has 0 aliphatic heterocycles. The first-order chi connectivity index (χ1) is 10.3. The van der Waals surface area contributed by atoms with Crippen molar-refractivity contribution in [2.75, 3.05) is 11.9 Å². The summed E-state index contributed by atoms with van der Waals surface area (Å²) in [5.74, 6) is 0.183. The normalized spacial score (nSPS) is 15.8. The molecule has 0 radical (unpaired) electrons. The third kappa shape index (κ3) is 3.75. The van der Waals surface area contributed by atoms with Gasteiger partial charge in [0.25, 0.3) is 0 Å². The molecule has 1 aliphatic rings. The molecule has 1 fully saturated rings. The van der Waals surface area contributed by atoms with Crippen LogP contribution in [0.3, 0.4) is 0 Å². The molecule has 1 N–H and O–H groups in total. The van der Waals surface area contributed by atoms with Gasteiger partial charge in [0.2, 0.25) is 0 Å². The van der Waals surface area contributed by atoms with Crippen LogP contribution in [0, 0.1) is 0 Å². The first kappa shape index (κ1) is 16.3. The van der Waals surface area contributed by atoms with Gasteiger partial charge in [0.15, 0.2) is 0 Å². The third-order valence-electron chi connectivity index (χ3n) is 3.36. The molecule has 1 saturated carbocycles. The highest BCUT2D eigenvalue weighted by Gasteiger charge is 2.53. The lowest BCUT2D eigenvalue weighted by Crippen LogP contribution is -2.27. The molecule has 22 heavy (non-hydrogen) atoms. The Bertz CT molecular complexity index is 557. The Hall–Kier alpha value is -2.11. The summed E-state index contributed by atoms with van der Waals surface area (Å²) >= 11 is 0. The fourth-order valence-electron chi connectivity index (χ4n) is 2.16. The highest BCUT2D eigenvalue weighted by atomic mass is 16.6. The predicted octanol–water partition coefficient (Wildman–Crippen LogP) is 3.02. The summed E-state index contributed by atoms with van der Waals surface area (Å²) < 4.78 is 10.3. The van der Waals surface area contributed by atoms with Gasteiger partial charge in [-0.3, -0.25) is 10.1 Å². The van der Waals surface area contributed by atoms with E-state index in [0.29, 0.717) is 12.4 Å². The first-order valence-electron chi connectivity index (χ1n) is 7.40. The highest BCUT2D eigenvalue weighted by Crippen LogP contribution is 2.49. The molecule has 2 rings (SSSR count). The second kappa shape index (κ2) is 5.94. The van der Waals surface area contributed by atoms with Gasteiger partial charge < -0.3 is 9.47 Å². The summed E-state index contributed by atoms with van der Waals surface area (Å²) in [5, 5.41) is 2.56. The number of ether oxygens (including phenoxy) is 2. The van der Waals surface area contributed by atoms with E-state index in [2.05, 4.69) is 10.3 Å². The van der Waals surface area contributed by atoms with Crippen LogP contribution in [0.25, 0.3) is 0 Å². The van der Waals surface area contributed by atoms with E-state index in [1.807, 2.05) is 0 Å². The number of nitrogens with one attached hydrogen (secondary N) is 1. The number of hydrogen-bond donors (Lipinski definition) is 1. The lowest BCUT2D eigenvalue weighted by molar-refractivity contribution is -0.146. The van der Waals surface area contributed by atoms with Gasteiger partial charge >= 0.3 is 12.1 Å². The molecule has 0 unspecified atom stereocenters. The van der Waals surface area contributed by atoms with Crippen molar-refractivity contribution in [3.8, 4) is 0 Å². The van der Waals surface area contributed by atoms with E-state index in [-0.39, 0.29) is 5.97 Å². The molecule has 1 heterocycles. The minimum Gasteiger partial charge on any atom is -0.465 e. The molecule has 0 saturated heterocycles. The number of hydrogen-bond acceptors (Lipinski definition) is 5. The second-order valence-electron chi connectivity index (χ2n) is 6.36. The van der Waals surface area contributed by atoms with E-state index < -0.39 is 17.1 Å². The van der Waals surface area contributed by atoms with E-state index >= 15 is 0 Å². The van der Waals surface area contributed by atoms with Crippen molar-refractivity contribution < 1.29 is 19.1 Å². The SMILES string of the molecule is CCOC(=O)C1(c2ccc(NC(=O)OC(C)(C)C)nc2)CC1. The summed E-state index contributed by atoms with van der Waals surface area (Å²) in [7, 11) is 0. The zero-order chi connectivity index (χ0) is 16.4. The van der Waals surface area contributed by atoms with Crippen molar-refractivity contribution in [3.63, 3.8) is 0 Å². The molecule has 6 nitrogen and oxygen atoms in total. The van der Waals surface area contributed by atoms with Gasteiger partial charge in [-0.25, -0.2) is 9.78 Å². The van der Waals surface area contributed by atoms with Gasteiger partial charge in [0.05, 0.1) is 12.0 Å². The molecule has 1 amide bonds. The molecular weight excluding hydrogens is 284 g/mol. The number of anilines is 1. The van der Waals surface area contributed by atoms with Gasteiger partial charge in [-0.2, -0.15) is 0 Å². The number of aromatic nitrogens is 1. The van der Waals surface area contributed by atoms with Gasteiger partial charge in [0.1, 0.15) is 11.4 Å². The molecule has 0 aromatic carbocycles. The summed E-state index contributed by atoms with van der Waals surface area (Å²) in [6, 6.07) is 3.46. The fourth-order valence-corrected chi connectivity index (χ4v) is 2.16. The van der Waals surface area contributed by atoms with Crippen LogP contribution in [0.5, 0.6) is 0 Å². The maximum absolute atomic E-state index is 12.0. The Balaban J connectivity index is 2.02. The van der Waals surface area contributed by atoms with Crippen LogP contribution in [0.1, 0.15) is 46.1 Å². The maximum Gasteiger partial charge on any atom is 0.413 e. The average molecular weight is 306 g/mol. The van der Waals surface area contributed by atoms with Gasteiger partial charge in [-0.05, 0) is 52.2 Å². The monoisotopic (exact) mass is 306 g/mol. The van der Waals surface area contributed by atoms with E-state index in [1.54, 1.807) is 46.0 Å². The zero-order valence-corrected chi connectivity index (χ0v) is 13.4. The fraction of sp³-hybridized carbons (Fsp3) is 0.562. The number of amides is 1. The van der Waals surface area contributed by atoms with E-state index in [4.69, 9.17) is 9.47 Å². The predicted molar refractivity (Wildman–Crippen MR) is 81.6 cm³/mol. The number of pyridine rings is 1. The van der Waals surface area contributed by atoms with E-state index in [9.17, 15) is 9.59 Å². The van der Waals surface area contributed by atoms with Crippen LogP contribution < -0.4 is 5.32 Å². The Kier molecular flexibility index (Phi) is 4.39. The average Bonchev–Trinajstić information content (AvgIpc) is 3.19. The molecule has 0 bridgehead atoms. The molecule has 1 aliphatic carbocycles. The van der Waals surface area contributed by atoms with Crippen LogP contribution >= 0.6 is 0 Å². The van der Waals surface area contributed by atoms with Crippen molar-refractivity contribution in [1.29, 1.82) is 0 Å². The smallest absolute Gasteiger partial charge is 0.413 e. The molecule has 0 spiro atoms. The number of carbonyl (C=O) groups is 2. The zero-order valence-electron chi connectivity index (χ0n) is 13.4. The number of rotatable bonds is 4. The number of esters is 1. The summed E-state index contributed by atoms with van der Waals surface area (Å²) in [6.45, 7) is 7.53. The quantitative estimate of drug-likeness (QED) is 0.865. The minimum absolute atomic E-state index is 0.204. The van der Waals surface area contributed by atoms with Crippen LogP contribution in [-0.4, -0.2) is 29.3 Å². The third-order valence-corrected chi connectivity index (χ3v) is 3.36. The molecular formula is C16H22N2O4. The lowest BCUT2D eigenvalue weighted by atomic mass is 9.98. The van der Waals surface area contributed by atoms with Crippen LogP contribution in [0.4, 0.5) is 10.6 Å². The van der Waals surface area contributed by atoms with Gasteiger partial charge in [-0.15, -0.1) is 0 Å². The van der Waals surface area contributed by atoms with Crippen molar-refractivity contribution in [2.45, 2.75) is 51.6 Å². The van der Waals surface area contributed by atoms with Crippen molar-refractivity contribution in [1.82, 2.24) is 4.98 Å². The molecule has 1 aromatic heterocycles. The Morgan fingerprint density at radius 1 is 1.32 bits per heavy atom. The van der Waals surface area contributed by atoms with Crippen molar-refractivity contribution >= 4 is 17.9 Å². The standard InChI is InChI=1S/C16H22N2O4/c1-5-21-13(19)16(8-9-16)11-6-7-12(17-10-11)18-14(20)22-15(2,3)4/h6-7,10H,5,8-9H2,1-4H3,(H,17,18,20). The number of nitrogens with zero attached hydrogens (tertiary/aromatic N) is 1. The van der Waals surface area contributed by atoms with E-state index in [0.717, 1.165) is 18.4 Å². The Labute approximate surface area is 130 Å². The Morgan fingerprint density at radius 3 is 2.45 bits per heavy atom. The van der Waals surface area contributed by atoms with Crippen molar-refractivity contribution in [3.05, 3.63) is 23.9 Å².